The maximum atomic E-state index is 12.4. The fourth-order valence-electron chi connectivity index (χ4n) is 1.16. The van der Waals surface area contributed by atoms with Crippen LogP contribution >= 0.6 is 0 Å². The van der Waals surface area contributed by atoms with Gasteiger partial charge in [0.15, 0.2) is 0 Å². The Bertz CT molecular complexity index is 402. The summed E-state index contributed by atoms with van der Waals surface area (Å²) in [6.07, 6.45) is -4.54. The second-order valence-corrected chi connectivity index (χ2v) is 2.89. The maximum Gasteiger partial charge on any atom is 0.417 e. The molecule has 5 heteroatoms. The van der Waals surface area contributed by atoms with Crippen LogP contribution in [0.1, 0.15) is 16.7 Å². The van der Waals surface area contributed by atoms with Gasteiger partial charge in [0, 0.05) is 0 Å². The highest BCUT2D eigenvalue weighted by atomic mass is 19.4. The lowest BCUT2D eigenvalue weighted by Gasteiger charge is -2.11. The van der Waals surface area contributed by atoms with Crippen molar-refractivity contribution in [2.45, 2.75) is 13.1 Å². The molecular formula is C9H7F3N2. The van der Waals surface area contributed by atoms with Gasteiger partial charge >= 0.3 is 6.18 Å². The van der Waals surface area contributed by atoms with E-state index in [9.17, 15) is 13.2 Å². The quantitative estimate of drug-likeness (QED) is 0.654. The van der Waals surface area contributed by atoms with Crippen LogP contribution in [0, 0.1) is 18.3 Å². The molecule has 0 saturated carbocycles. The monoisotopic (exact) mass is 200 g/mol. The number of hydrogen-bond acceptors (Lipinski definition) is 2. The molecule has 0 aliphatic carbocycles. The third-order valence-corrected chi connectivity index (χ3v) is 1.73. The summed E-state index contributed by atoms with van der Waals surface area (Å²) in [5.41, 5.74) is 4.07. The van der Waals surface area contributed by atoms with Crippen molar-refractivity contribution >= 4 is 5.69 Å². The highest BCUT2D eigenvalue weighted by Gasteiger charge is 2.34. The van der Waals surface area contributed by atoms with E-state index in [-0.39, 0.29) is 5.69 Å². The average Bonchev–Trinajstić information content (AvgIpc) is 2.01. The second kappa shape index (κ2) is 3.22. The Morgan fingerprint density at radius 3 is 2.36 bits per heavy atom. The van der Waals surface area contributed by atoms with E-state index in [1.165, 1.54) is 19.1 Å². The first-order chi connectivity index (χ1) is 6.36. The van der Waals surface area contributed by atoms with Crippen LogP contribution in [0.3, 0.4) is 0 Å². The van der Waals surface area contributed by atoms with E-state index >= 15 is 0 Å². The van der Waals surface area contributed by atoms with Gasteiger partial charge in [-0.05, 0) is 24.6 Å². The molecule has 0 bridgehead atoms. The number of alkyl halides is 3. The minimum absolute atomic E-state index is 0.139. The zero-order valence-electron chi connectivity index (χ0n) is 7.31. The molecule has 0 fully saturated rings. The van der Waals surface area contributed by atoms with Gasteiger partial charge in [0.2, 0.25) is 0 Å². The Kier molecular flexibility index (Phi) is 2.39. The normalized spacial score (nSPS) is 11.1. The van der Waals surface area contributed by atoms with Crippen molar-refractivity contribution in [2.24, 2.45) is 0 Å². The summed E-state index contributed by atoms with van der Waals surface area (Å²) in [6, 6.07) is 3.71. The lowest BCUT2D eigenvalue weighted by molar-refractivity contribution is -0.137. The standard InChI is InChI=1S/C9H7F3N2/c1-5-2-7(9(10,11)12)6(4-13)8(14)3-5/h2-3H,14H2,1H3. The maximum absolute atomic E-state index is 12.4. The molecule has 0 radical (unpaired) electrons. The molecule has 0 heterocycles. The first-order valence-electron chi connectivity index (χ1n) is 3.73. The van der Waals surface area contributed by atoms with E-state index in [0.29, 0.717) is 5.56 Å². The summed E-state index contributed by atoms with van der Waals surface area (Å²) in [7, 11) is 0. The molecule has 0 saturated heterocycles. The molecule has 0 aliphatic rings. The van der Waals surface area contributed by atoms with Crippen molar-refractivity contribution in [3.05, 3.63) is 28.8 Å². The number of nitrogens with two attached hydrogens (primary N) is 1. The van der Waals surface area contributed by atoms with Crippen molar-refractivity contribution in [2.75, 3.05) is 5.73 Å². The second-order valence-electron chi connectivity index (χ2n) is 2.89. The average molecular weight is 200 g/mol. The fourth-order valence-corrected chi connectivity index (χ4v) is 1.16. The van der Waals surface area contributed by atoms with Gasteiger partial charge < -0.3 is 5.73 Å². The van der Waals surface area contributed by atoms with Crippen LogP contribution in [-0.2, 0) is 6.18 Å². The molecule has 0 unspecified atom stereocenters. The first-order valence-corrected chi connectivity index (χ1v) is 3.73. The van der Waals surface area contributed by atoms with Gasteiger partial charge in [-0.1, -0.05) is 0 Å². The van der Waals surface area contributed by atoms with Gasteiger partial charge in [0.25, 0.3) is 0 Å². The molecule has 1 rings (SSSR count). The van der Waals surface area contributed by atoms with Gasteiger partial charge in [0.1, 0.15) is 6.07 Å². The summed E-state index contributed by atoms with van der Waals surface area (Å²) < 4.78 is 37.2. The molecule has 1 aromatic carbocycles. The molecule has 14 heavy (non-hydrogen) atoms. The molecule has 2 nitrogen and oxygen atoms in total. The van der Waals surface area contributed by atoms with Crippen LogP contribution in [-0.4, -0.2) is 0 Å². The number of benzene rings is 1. The Morgan fingerprint density at radius 1 is 1.36 bits per heavy atom. The Hall–Kier alpha value is -1.70. The van der Waals surface area contributed by atoms with Gasteiger partial charge in [-0.25, -0.2) is 0 Å². The van der Waals surface area contributed by atoms with Crippen molar-refractivity contribution < 1.29 is 13.2 Å². The first kappa shape index (κ1) is 10.4. The van der Waals surface area contributed by atoms with E-state index in [0.717, 1.165) is 6.07 Å². The van der Waals surface area contributed by atoms with E-state index in [2.05, 4.69) is 0 Å². The number of nitriles is 1. The molecule has 0 aromatic heterocycles. The van der Waals surface area contributed by atoms with Gasteiger partial charge in [-0.2, -0.15) is 18.4 Å². The molecular weight excluding hydrogens is 193 g/mol. The SMILES string of the molecule is Cc1cc(N)c(C#N)c(C(F)(F)F)c1. The Morgan fingerprint density at radius 2 is 1.93 bits per heavy atom. The van der Waals surface area contributed by atoms with Crippen LogP contribution in [0.5, 0.6) is 0 Å². The molecule has 0 spiro atoms. The van der Waals surface area contributed by atoms with Crippen molar-refractivity contribution in [1.29, 1.82) is 5.26 Å². The minimum Gasteiger partial charge on any atom is -0.398 e. The van der Waals surface area contributed by atoms with Crippen molar-refractivity contribution in [1.82, 2.24) is 0 Å². The van der Waals surface area contributed by atoms with E-state index in [1.54, 1.807) is 0 Å². The predicted octanol–water partition coefficient (Wildman–Crippen LogP) is 2.47. The summed E-state index contributed by atoms with van der Waals surface area (Å²) >= 11 is 0. The van der Waals surface area contributed by atoms with Gasteiger partial charge in [-0.3, -0.25) is 0 Å². The summed E-state index contributed by atoms with van der Waals surface area (Å²) in [5.74, 6) is 0. The number of aryl methyl sites for hydroxylation is 1. The largest absolute Gasteiger partial charge is 0.417 e. The van der Waals surface area contributed by atoms with Crippen molar-refractivity contribution in [3.8, 4) is 6.07 Å². The third-order valence-electron chi connectivity index (χ3n) is 1.73. The van der Waals surface area contributed by atoms with Crippen LogP contribution in [0.15, 0.2) is 12.1 Å². The third kappa shape index (κ3) is 1.79. The molecule has 0 amide bonds. The number of halogens is 3. The number of nitrogen functional groups attached to an aromatic ring is 1. The van der Waals surface area contributed by atoms with E-state index in [1.807, 2.05) is 0 Å². The molecule has 0 atom stereocenters. The lowest BCUT2D eigenvalue weighted by Crippen LogP contribution is -2.10. The molecule has 74 valence electrons. The number of anilines is 1. The minimum atomic E-state index is -4.54. The molecule has 1 aromatic rings. The highest BCUT2D eigenvalue weighted by molar-refractivity contribution is 5.60. The predicted molar refractivity (Wildman–Crippen MR) is 45.3 cm³/mol. The lowest BCUT2D eigenvalue weighted by atomic mass is 10.0. The van der Waals surface area contributed by atoms with Crippen LogP contribution < -0.4 is 5.73 Å². The Balaban J connectivity index is 3.50. The summed E-state index contributed by atoms with van der Waals surface area (Å²) in [5, 5.41) is 8.52. The summed E-state index contributed by atoms with van der Waals surface area (Å²) in [4.78, 5) is 0. The van der Waals surface area contributed by atoms with E-state index < -0.39 is 17.3 Å². The van der Waals surface area contributed by atoms with Crippen LogP contribution in [0.25, 0.3) is 0 Å². The molecule has 0 aliphatic heterocycles. The highest BCUT2D eigenvalue weighted by Crippen LogP contribution is 2.34. The van der Waals surface area contributed by atoms with Crippen molar-refractivity contribution in [3.63, 3.8) is 0 Å². The van der Waals surface area contributed by atoms with Crippen LogP contribution in [0.2, 0.25) is 0 Å². The number of rotatable bonds is 0. The summed E-state index contributed by atoms with van der Waals surface area (Å²) in [6.45, 7) is 1.49. The fraction of sp³-hybridized carbons (Fsp3) is 0.222. The van der Waals surface area contributed by atoms with Gasteiger partial charge in [-0.15, -0.1) is 0 Å². The zero-order valence-corrected chi connectivity index (χ0v) is 7.31. The smallest absolute Gasteiger partial charge is 0.398 e. The van der Waals surface area contributed by atoms with Gasteiger partial charge in [0.05, 0.1) is 16.8 Å². The Labute approximate surface area is 78.8 Å². The topological polar surface area (TPSA) is 49.8 Å². The van der Waals surface area contributed by atoms with Crippen LogP contribution in [0.4, 0.5) is 18.9 Å². The number of hydrogen-bond donors (Lipinski definition) is 1. The van der Waals surface area contributed by atoms with E-state index in [4.69, 9.17) is 11.0 Å². The zero-order chi connectivity index (χ0) is 10.9. The molecule has 2 N–H and O–H groups in total. The number of nitrogens with zero attached hydrogens (tertiary/aromatic N) is 1.